The predicted octanol–water partition coefficient (Wildman–Crippen LogP) is 3.76. The lowest BCUT2D eigenvalue weighted by Gasteiger charge is -2.04. The van der Waals surface area contributed by atoms with Crippen LogP contribution in [0.5, 0.6) is 0 Å². The molecule has 4 N–H and O–H groups in total. The van der Waals surface area contributed by atoms with Crippen molar-refractivity contribution in [3.63, 3.8) is 0 Å². The monoisotopic (exact) mass is 443 g/mol. The SMILES string of the molecule is Cc1ccc(-n2cc(NC(=O)c3coc(-c4ccnc(NCC5CC5)c4)n3)c(CN)n2)cc1. The molecule has 1 aromatic carbocycles. The fourth-order valence-electron chi connectivity index (χ4n) is 3.42. The maximum absolute atomic E-state index is 12.8. The lowest BCUT2D eigenvalue weighted by molar-refractivity contribution is 0.102. The summed E-state index contributed by atoms with van der Waals surface area (Å²) in [7, 11) is 0. The number of rotatable bonds is 8. The number of pyridine rings is 1. The predicted molar refractivity (Wildman–Crippen MR) is 125 cm³/mol. The van der Waals surface area contributed by atoms with Crippen LogP contribution in [0.15, 0.2) is 59.5 Å². The van der Waals surface area contributed by atoms with E-state index in [0.717, 1.165) is 35.1 Å². The molecule has 33 heavy (non-hydrogen) atoms. The highest BCUT2D eigenvalue weighted by molar-refractivity contribution is 6.03. The maximum atomic E-state index is 12.8. The molecule has 0 aliphatic heterocycles. The highest BCUT2D eigenvalue weighted by atomic mass is 16.3. The van der Waals surface area contributed by atoms with Crippen molar-refractivity contribution in [2.45, 2.75) is 26.3 Å². The van der Waals surface area contributed by atoms with Crippen molar-refractivity contribution in [3.8, 4) is 17.1 Å². The molecule has 1 fully saturated rings. The van der Waals surface area contributed by atoms with Gasteiger partial charge in [0, 0.05) is 24.8 Å². The van der Waals surface area contributed by atoms with Gasteiger partial charge in [-0.25, -0.2) is 14.6 Å². The van der Waals surface area contributed by atoms with Crippen LogP contribution in [0.1, 0.15) is 34.6 Å². The van der Waals surface area contributed by atoms with Crippen molar-refractivity contribution >= 4 is 17.4 Å². The number of carbonyl (C=O) groups is 1. The molecular weight excluding hydrogens is 418 g/mol. The van der Waals surface area contributed by atoms with E-state index in [9.17, 15) is 4.79 Å². The Bertz CT molecular complexity index is 1270. The Balaban J connectivity index is 1.31. The molecule has 9 heteroatoms. The standard InChI is InChI=1S/C24H25N7O2/c1-15-2-6-18(7-3-15)31-13-20(19(11-25)30-31)28-23(32)21-14-33-24(29-21)17-8-9-26-22(10-17)27-12-16-4-5-16/h2-3,6-10,13-14,16H,4-5,11-12,25H2,1H3,(H,26,27)(H,28,32). The lowest BCUT2D eigenvalue weighted by Crippen LogP contribution is -2.14. The fourth-order valence-corrected chi connectivity index (χ4v) is 3.42. The van der Waals surface area contributed by atoms with Gasteiger partial charge in [-0.2, -0.15) is 5.10 Å². The Kier molecular flexibility index (Phi) is 5.62. The van der Waals surface area contributed by atoms with E-state index in [-0.39, 0.29) is 12.2 Å². The van der Waals surface area contributed by atoms with Gasteiger partial charge in [0.25, 0.3) is 5.91 Å². The molecule has 1 amide bonds. The molecule has 0 radical (unpaired) electrons. The second-order valence-electron chi connectivity index (χ2n) is 8.22. The molecule has 4 aromatic rings. The summed E-state index contributed by atoms with van der Waals surface area (Å²) in [4.78, 5) is 21.5. The molecule has 0 bridgehead atoms. The van der Waals surface area contributed by atoms with Crippen LogP contribution in [0.3, 0.4) is 0 Å². The molecule has 5 rings (SSSR count). The van der Waals surface area contributed by atoms with Gasteiger partial charge >= 0.3 is 0 Å². The number of hydrogen-bond donors (Lipinski definition) is 3. The minimum atomic E-state index is -0.399. The molecule has 3 aromatic heterocycles. The number of aryl methyl sites for hydroxylation is 1. The van der Waals surface area contributed by atoms with Gasteiger partial charge in [-0.05, 0) is 49.9 Å². The van der Waals surface area contributed by atoms with Crippen LogP contribution in [-0.2, 0) is 6.54 Å². The molecular formula is C24H25N7O2. The summed E-state index contributed by atoms with van der Waals surface area (Å²) in [6, 6.07) is 11.6. The number of carbonyl (C=O) groups excluding carboxylic acids is 1. The van der Waals surface area contributed by atoms with Crippen molar-refractivity contribution in [2.24, 2.45) is 11.7 Å². The molecule has 0 saturated heterocycles. The molecule has 168 valence electrons. The first-order chi connectivity index (χ1) is 16.1. The average Bonchev–Trinajstić information content (AvgIpc) is 3.37. The normalized spacial score (nSPS) is 13.2. The van der Waals surface area contributed by atoms with Crippen LogP contribution in [0, 0.1) is 12.8 Å². The van der Waals surface area contributed by atoms with E-state index in [1.54, 1.807) is 23.1 Å². The number of nitrogens with one attached hydrogen (secondary N) is 2. The van der Waals surface area contributed by atoms with Gasteiger partial charge in [0.05, 0.1) is 23.3 Å². The zero-order chi connectivity index (χ0) is 22.8. The van der Waals surface area contributed by atoms with Crippen molar-refractivity contribution in [3.05, 3.63) is 72.0 Å². The third kappa shape index (κ3) is 4.78. The van der Waals surface area contributed by atoms with E-state index >= 15 is 0 Å². The van der Waals surface area contributed by atoms with Gasteiger partial charge in [-0.3, -0.25) is 4.79 Å². The Morgan fingerprint density at radius 3 is 2.82 bits per heavy atom. The lowest BCUT2D eigenvalue weighted by atomic mass is 10.2. The van der Waals surface area contributed by atoms with Gasteiger partial charge in [0.2, 0.25) is 5.89 Å². The van der Waals surface area contributed by atoms with E-state index in [2.05, 4.69) is 25.7 Å². The summed E-state index contributed by atoms with van der Waals surface area (Å²) >= 11 is 0. The van der Waals surface area contributed by atoms with E-state index in [4.69, 9.17) is 10.2 Å². The number of hydrogen-bond acceptors (Lipinski definition) is 7. The van der Waals surface area contributed by atoms with Crippen LogP contribution in [-0.4, -0.2) is 32.2 Å². The van der Waals surface area contributed by atoms with E-state index in [1.807, 2.05) is 37.3 Å². The number of amides is 1. The van der Waals surface area contributed by atoms with Gasteiger partial charge < -0.3 is 20.8 Å². The summed E-state index contributed by atoms with van der Waals surface area (Å²) in [5.41, 5.74) is 9.90. The smallest absolute Gasteiger partial charge is 0.277 e. The van der Waals surface area contributed by atoms with Crippen molar-refractivity contribution in [1.29, 1.82) is 0 Å². The number of oxazole rings is 1. The number of anilines is 2. The molecule has 1 saturated carbocycles. The van der Waals surface area contributed by atoms with Gasteiger partial charge in [0.1, 0.15) is 12.1 Å². The fraction of sp³-hybridized carbons (Fsp3) is 0.250. The number of benzene rings is 1. The molecule has 1 aliphatic rings. The minimum Gasteiger partial charge on any atom is -0.444 e. The first-order valence-electron chi connectivity index (χ1n) is 10.9. The molecule has 0 unspecified atom stereocenters. The second kappa shape index (κ2) is 8.87. The summed E-state index contributed by atoms with van der Waals surface area (Å²) in [6.45, 7) is 3.12. The third-order valence-electron chi connectivity index (χ3n) is 5.54. The van der Waals surface area contributed by atoms with Crippen molar-refractivity contribution in [2.75, 3.05) is 17.2 Å². The van der Waals surface area contributed by atoms with Crippen LogP contribution >= 0.6 is 0 Å². The Morgan fingerprint density at radius 2 is 2.06 bits per heavy atom. The van der Waals surface area contributed by atoms with Gasteiger partial charge in [-0.15, -0.1) is 0 Å². The Morgan fingerprint density at radius 1 is 1.24 bits per heavy atom. The molecule has 0 spiro atoms. The molecule has 9 nitrogen and oxygen atoms in total. The Labute approximate surface area is 191 Å². The summed E-state index contributed by atoms with van der Waals surface area (Å²) < 4.78 is 7.26. The largest absolute Gasteiger partial charge is 0.444 e. The first-order valence-corrected chi connectivity index (χ1v) is 10.9. The van der Waals surface area contributed by atoms with Gasteiger partial charge in [-0.1, -0.05) is 17.7 Å². The Hall–Kier alpha value is -3.98. The molecule has 3 heterocycles. The van der Waals surface area contributed by atoms with Gasteiger partial charge in [0.15, 0.2) is 5.69 Å². The average molecular weight is 444 g/mol. The first kappa shape index (κ1) is 20.9. The topological polar surface area (TPSA) is 124 Å². The quantitative estimate of drug-likeness (QED) is 0.379. The van der Waals surface area contributed by atoms with Crippen LogP contribution in [0.4, 0.5) is 11.5 Å². The molecule has 1 aliphatic carbocycles. The van der Waals surface area contributed by atoms with Crippen LogP contribution in [0.25, 0.3) is 17.1 Å². The number of nitrogens with zero attached hydrogens (tertiary/aromatic N) is 4. The highest BCUT2D eigenvalue weighted by Gasteiger charge is 2.21. The van der Waals surface area contributed by atoms with Crippen LogP contribution < -0.4 is 16.4 Å². The summed E-state index contributed by atoms with van der Waals surface area (Å²) in [5.74, 6) is 1.46. The van der Waals surface area contributed by atoms with E-state index in [1.165, 1.54) is 19.1 Å². The maximum Gasteiger partial charge on any atom is 0.277 e. The zero-order valence-electron chi connectivity index (χ0n) is 18.3. The third-order valence-corrected chi connectivity index (χ3v) is 5.54. The highest BCUT2D eigenvalue weighted by Crippen LogP contribution is 2.29. The van der Waals surface area contributed by atoms with Crippen LogP contribution in [0.2, 0.25) is 0 Å². The number of aromatic nitrogens is 4. The second-order valence-corrected chi connectivity index (χ2v) is 8.22. The van der Waals surface area contributed by atoms with Crippen molar-refractivity contribution < 1.29 is 9.21 Å². The zero-order valence-corrected chi connectivity index (χ0v) is 18.3. The van der Waals surface area contributed by atoms with E-state index in [0.29, 0.717) is 17.3 Å². The number of nitrogens with two attached hydrogens (primary N) is 1. The minimum absolute atomic E-state index is 0.167. The molecule has 0 atom stereocenters. The summed E-state index contributed by atoms with van der Waals surface area (Å²) in [5, 5.41) is 10.7. The van der Waals surface area contributed by atoms with E-state index < -0.39 is 5.91 Å². The van der Waals surface area contributed by atoms with Crippen molar-refractivity contribution in [1.82, 2.24) is 19.7 Å². The summed E-state index contributed by atoms with van der Waals surface area (Å²) in [6.07, 6.45) is 7.31.